The molecule has 3 aromatic carbocycles. The molecule has 13 heteroatoms. The summed E-state index contributed by atoms with van der Waals surface area (Å²) < 4.78 is 45.7. The summed E-state index contributed by atoms with van der Waals surface area (Å²) in [4.78, 5) is 55.5. The molecular formula is C29H20F3N3O5S2. The number of carbonyl (C=O) groups excluding carboxylic acids is 3. The van der Waals surface area contributed by atoms with E-state index in [-0.39, 0.29) is 23.1 Å². The monoisotopic (exact) mass is 611 g/mol. The zero-order chi connectivity index (χ0) is 29.6. The van der Waals surface area contributed by atoms with Crippen molar-refractivity contribution in [3.63, 3.8) is 0 Å². The van der Waals surface area contributed by atoms with E-state index in [1.807, 2.05) is 6.07 Å². The van der Waals surface area contributed by atoms with Crippen LogP contribution in [0.15, 0.2) is 88.7 Å². The van der Waals surface area contributed by atoms with E-state index in [2.05, 4.69) is 10.3 Å². The average Bonchev–Trinajstić information content (AvgIpc) is 3.46. The van der Waals surface area contributed by atoms with E-state index in [1.54, 1.807) is 48.5 Å². The molecule has 2 aliphatic rings. The fourth-order valence-electron chi connectivity index (χ4n) is 5.09. The van der Waals surface area contributed by atoms with Gasteiger partial charge < -0.3 is 15.0 Å². The third-order valence-corrected chi connectivity index (χ3v) is 9.32. The zero-order valence-electron chi connectivity index (χ0n) is 21.4. The van der Waals surface area contributed by atoms with Crippen LogP contribution in [-0.4, -0.2) is 34.6 Å². The van der Waals surface area contributed by atoms with Crippen LogP contribution in [0.3, 0.4) is 0 Å². The number of anilines is 2. The van der Waals surface area contributed by atoms with Crippen molar-refractivity contribution in [1.29, 1.82) is 0 Å². The maximum absolute atomic E-state index is 13.8. The minimum atomic E-state index is -4.65. The second-order valence-electron chi connectivity index (χ2n) is 9.58. The molecular weight excluding hydrogens is 591 g/mol. The van der Waals surface area contributed by atoms with Gasteiger partial charge in [-0.05, 0) is 48.0 Å². The summed E-state index contributed by atoms with van der Waals surface area (Å²) in [7, 11) is 0. The number of fused-ring (bicyclic) bond motifs is 2. The molecule has 0 saturated carbocycles. The maximum Gasteiger partial charge on any atom is 0.416 e. The topological polar surface area (TPSA) is 109 Å². The number of benzene rings is 3. The van der Waals surface area contributed by atoms with Gasteiger partial charge in [0, 0.05) is 16.5 Å². The SMILES string of the molecule is O=C(COc1ccc(C2c3sc(=O)[nH]c3SC3C(=O)N(c4cccc(C(F)(F)F)c4)C(=O)C32)cc1)Nc1ccccc1. The predicted molar refractivity (Wildman–Crippen MR) is 151 cm³/mol. The van der Waals surface area contributed by atoms with Crippen molar-refractivity contribution in [2.24, 2.45) is 5.92 Å². The van der Waals surface area contributed by atoms with Gasteiger partial charge in [-0.15, -0.1) is 0 Å². The van der Waals surface area contributed by atoms with Crippen LogP contribution in [0.25, 0.3) is 0 Å². The van der Waals surface area contributed by atoms with Crippen molar-refractivity contribution < 1.29 is 32.3 Å². The number of nitrogens with zero attached hydrogens (tertiary/aromatic N) is 1. The Hall–Kier alpha value is -4.36. The lowest BCUT2D eigenvalue weighted by atomic mass is 9.83. The zero-order valence-corrected chi connectivity index (χ0v) is 23.0. The molecule has 6 rings (SSSR count). The van der Waals surface area contributed by atoms with Gasteiger partial charge in [0.2, 0.25) is 11.8 Å². The lowest BCUT2D eigenvalue weighted by molar-refractivity contribution is -0.137. The van der Waals surface area contributed by atoms with Crippen LogP contribution in [0, 0.1) is 5.92 Å². The molecule has 0 radical (unpaired) electrons. The van der Waals surface area contributed by atoms with Gasteiger partial charge in [0.15, 0.2) is 6.61 Å². The summed E-state index contributed by atoms with van der Waals surface area (Å²) in [6.45, 7) is -0.248. The summed E-state index contributed by atoms with van der Waals surface area (Å²) in [5, 5.41) is 2.21. The fourth-order valence-corrected chi connectivity index (χ4v) is 7.61. The molecule has 0 spiro atoms. The Kier molecular flexibility index (Phi) is 7.15. The summed E-state index contributed by atoms with van der Waals surface area (Å²) in [5.74, 6) is -2.94. The van der Waals surface area contributed by atoms with Gasteiger partial charge in [-0.2, -0.15) is 13.2 Å². The van der Waals surface area contributed by atoms with Crippen molar-refractivity contribution in [2.75, 3.05) is 16.8 Å². The molecule has 1 aromatic heterocycles. The van der Waals surface area contributed by atoms with Crippen LogP contribution >= 0.6 is 23.1 Å². The van der Waals surface area contributed by atoms with Gasteiger partial charge in [0.25, 0.3) is 5.91 Å². The van der Waals surface area contributed by atoms with Crippen LogP contribution in [0.2, 0.25) is 0 Å². The standard InChI is InChI=1S/C29H20F3N3O5S2/c30-29(31,32)16-5-4-8-18(13-16)35-26(37)22-21(23-25(34-28(39)42-23)41-24(22)27(35)38)15-9-11-19(12-10-15)40-14-20(36)33-17-6-2-1-3-7-17/h1-13,21-22,24H,14H2,(H,33,36)(H,34,39). The van der Waals surface area contributed by atoms with Gasteiger partial charge >= 0.3 is 11.0 Å². The number of amides is 3. The number of rotatable bonds is 6. The van der Waals surface area contributed by atoms with E-state index in [9.17, 15) is 32.3 Å². The third kappa shape index (κ3) is 5.21. The Morgan fingerprint density at radius 2 is 1.69 bits per heavy atom. The van der Waals surface area contributed by atoms with E-state index in [4.69, 9.17) is 4.74 Å². The molecule has 3 atom stereocenters. The van der Waals surface area contributed by atoms with Gasteiger partial charge in [-0.3, -0.25) is 19.2 Å². The second-order valence-corrected chi connectivity index (χ2v) is 11.7. The van der Waals surface area contributed by atoms with Crippen molar-refractivity contribution in [3.8, 4) is 5.75 Å². The Bertz CT molecular complexity index is 1740. The second kappa shape index (κ2) is 10.8. The number of alkyl halides is 3. The quantitative estimate of drug-likeness (QED) is 0.288. The van der Waals surface area contributed by atoms with Gasteiger partial charge in [0.05, 0.1) is 22.2 Å². The molecule has 0 aliphatic carbocycles. The molecule has 2 aliphatic heterocycles. The Balaban J connectivity index is 1.27. The summed E-state index contributed by atoms with van der Waals surface area (Å²) >= 11 is 1.95. The van der Waals surface area contributed by atoms with Crippen LogP contribution in [-0.2, 0) is 20.6 Å². The predicted octanol–water partition coefficient (Wildman–Crippen LogP) is 5.27. The number of carbonyl (C=O) groups is 3. The first-order chi connectivity index (χ1) is 20.1. The van der Waals surface area contributed by atoms with Crippen molar-refractivity contribution in [3.05, 3.63) is 105 Å². The molecule has 3 heterocycles. The van der Waals surface area contributed by atoms with E-state index in [0.29, 0.717) is 26.9 Å². The molecule has 3 amide bonds. The molecule has 42 heavy (non-hydrogen) atoms. The Morgan fingerprint density at radius 3 is 2.40 bits per heavy atom. The molecule has 4 aromatic rings. The highest BCUT2D eigenvalue weighted by Crippen LogP contribution is 2.53. The number of imide groups is 1. The first-order valence-corrected chi connectivity index (χ1v) is 14.3. The number of nitrogens with one attached hydrogen (secondary N) is 2. The van der Waals surface area contributed by atoms with E-state index in [1.165, 1.54) is 6.07 Å². The minimum absolute atomic E-state index is 0.164. The molecule has 214 valence electrons. The van der Waals surface area contributed by atoms with Gasteiger partial charge in [-0.1, -0.05) is 59.5 Å². The van der Waals surface area contributed by atoms with Gasteiger partial charge in [0.1, 0.15) is 11.0 Å². The highest BCUT2D eigenvalue weighted by atomic mass is 32.2. The number of aromatic amines is 1. The highest BCUT2D eigenvalue weighted by Gasteiger charge is 2.56. The molecule has 8 nitrogen and oxygen atoms in total. The van der Waals surface area contributed by atoms with E-state index >= 15 is 0 Å². The largest absolute Gasteiger partial charge is 0.484 e. The molecule has 3 unspecified atom stereocenters. The number of thiazole rings is 1. The lowest BCUT2D eigenvalue weighted by Crippen LogP contribution is -2.32. The Labute approximate surface area is 244 Å². The third-order valence-electron chi connectivity index (χ3n) is 6.92. The number of aromatic nitrogens is 1. The first kappa shape index (κ1) is 27.8. The molecule has 0 bridgehead atoms. The minimum Gasteiger partial charge on any atom is -0.484 e. The van der Waals surface area contributed by atoms with E-state index in [0.717, 1.165) is 46.2 Å². The van der Waals surface area contributed by atoms with Crippen LogP contribution in [0.4, 0.5) is 24.5 Å². The average molecular weight is 612 g/mol. The molecule has 1 fully saturated rings. The summed E-state index contributed by atoms with van der Waals surface area (Å²) in [6.07, 6.45) is -4.65. The van der Waals surface area contributed by atoms with Crippen LogP contribution in [0.5, 0.6) is 5.75 Å². The number of H-pyrrole nitrogens is 1. The number of para-hydroxylation sites is 1. The summed E-state index contributed by atoms with van der Waals surface area (Å²) in [6, 6.07) is 19.6. The first-order valence-electron chi connectivity index (χ1n) is 12.6. The normalized spacial score (nSPS) is 19.8. The van der Waals surface area contributed by atoms with Crippen molar-refractivity contribution >= 4 is 52.2 Å². The van der Waals surface area contributed by atoms with Crippen LogP contribution in [0.1, 0.15) is 21.9 Å². The highest BCUT2D eigenvalue weighted by molar-refractivity contribution is 8.00. The number of halogens is 3. The number of ether oxygens (including phenoxy) is 1. The number of hydrogen-bond donors (Lipinski definition) is 2. The number of hydrogen-bond acceptors (Lipinski definition) is 7. The van der Waals surface area contributed by atoms with Crippen molar-refractivity contribution in [1.82, 2.24) is 4.98 Å². The molecule has 2 N–H and O–H groups in total. The van der Waals surface area contributed by atoms with Crippen molar-refractivity contribution in [2.45, 2.75) is 22.4 Å². The van der Waals surface area contributed by atoms with Crippen LogP contribution < -0.4 is 19.8 Å². The Morgan fingerprint density at radius 1 is 0.952 bits per heavy atom. The smallest absolute Gasteiger partial charge is 0.416 e. The maximum atomic E-state index is 13.8. The van der Waals surface area contributed by atoms with Gasteiger partial charge in [-0.25, -0.2) is 4.90 Å². The van der Waals surface area contributed by atoms with E-state index < -0.39 is 40.6 Å². The fraction of sp³-hybridized carbons (Fsp3) is 0.172. The molecule has 1 saturated heterocycles. The summed E-state index contributed by atoms with van der Waals surface area (Å²) in [5.41, 5.74) is 0.0939. The lowest BCUT2D eigenvalue weighted by Gasteiger charge is -2.29. The number of thioether (sulfide) groups is 1.